The van der Waals surface area contributed by atoms with Gasteiger partial charge in [0, 0.05) is 26.2 Å². The van der Waals surface area contributed by atoms with Gasteiger partial charge < -0.3 is 18.9 Å². The molecule has 6 rings (SSSR count). The van der Waals surface area contributed by atoms with Gasteiger partial charge in [0.2, 0.25) is 0 Å². The lowest BCUT2D eigenvalue weighted by molar-refractivity contribution is 0.166. The third-order valence-electron chi connectivity index (χ3n) is 11.2. The Labute approximate surface area is 391 Å². The summed E-state index contributed by atoms with van der Waals surface area (Å²) in [5, 5.41) is 5.81. The van der Waals surface area contributed by atoms with Gasteiger partial charge in [0.15, 0.2) is 0 Å². The molecule has 66 heavy (non-hydrogen) atoms. The standard InChI is InChI=1S/C56H66N4O6/c1-3-63-55(61)57-51-39-45(29-31-53(51)65-43-49-25-15-9-16-26-49)33-37-59(41-47-21-11-7-12-22-47)35-19-5-6-20-36-60(42-48-23-13-8-14-24-48)38-34-46-30-32-54(52(40-46)58-56(62)64-4-2)66-44-50-27-17-10-18-28-50/h7-18,21-32,39-40H,3-6,19-20,33-38,41-44H2,1-2H3,(H,57,61)(H,58,62). The van der Waals surface area contributed by atoms with Gasteiger partial charge >= 0.3 is 12.2 Å². The monoisotopic (exact) mass is 890 g/mol. The summed E-state index contributed by atoms with van der Waals surface area (Å²) in [5.74, 6) is 1.21. The van der Waals surface area contributed by atoms with Crippen LogP contribution in [0.3, 0.4) is 0 Å². The van der Waals surface area contributed by atoms with Gasteiger partial charge in [-0.1, -0.05) is 146 Å². The Morgan fingerprint density at radius 2 is 0.788 bits per heavy atom. The first-order valence-electron chi connectivity index (χ1n) is 23.4. The molecule has 0 fully saturated rings. The van der Waals surface area contributed by atoms with Crippen molar-refractivity contribution in [2.45, 2.75) is 78.7 Å². The molecule has 0 aliphatic carbocycles. The topological polar surface area (TPSA) is 102 Å². The van der Waals surface area contributed by atoms with E-state index in [9.17, 15) is 9.59 Å². The zero-order chi connectivity index (χ0) is 46.0. The highest BCUT2D eigenvalue weighted by atomic mass is 16.6. The molecule has 6 aromatic carbocycles. The van der Waals surface area contributed by atoms with Gasteiger partial charge in [-0.05, 0) is 110 Å². The van der Waals surface area contributed by atoms with Gasteiger partial charge in [-0.2, -0.15) is 0 Å². The van der Waals surface area contributed by atoms with Gasteiger partial charge in [-0.15, -0.1) is 0 Å². The lowest BCUT2D eigenvalue weighted by Gasteiger charge is -2.24. The van der Waals surface area contributed by atoms with Crippen LogP contribution in [0.15, 0.2) is 158 Å². The molecular formula is C56H66N4O6. The zero-order valence-electron chi connectivity index (χ0n) is 38.7. The Hall–Kier alpha value is -6.62. The first-order valence-corrected chi connectivity index (χ1v) is 23.4. The second-order valence-corrected chi connectivity index (χ2v) is 16.3. The highest BCUT2D eigenvalue weighted by Gasteiger charge is 2.15. The molecule has 10 heteroatoms. The van der Waals surface area contributed by atoms with E-state index in [1.54, 1.807) is 13.8 Å². The number of nitrogens with zero attached hydrogens (tertiary/aromatic N) is 2. The zero-order valence-corrected chi connectivity index (χ0v) is 38.7. The summed E-state index contributed by atoms with van der Waals surface area (Å²) in [6, 6.07) is 53.4. The number of benzene rings is 6. The van der Waals surface area contributed by atoms with E-state index in [0.29, 0.717) is 36.1 Å². The molecule has 0 unspecified atom stereocenters. The number of nitrogens with one attached hydrogen (secondary N) is 2. The van der Waals surface area contributed by atoms with E-state index in [4.69, 9.17) is 18.9 Å². The van der Waals surface area contributed by atoms with Crippen LogP contribution in [-0.4, -0.2) is 61.4 Å². The number of ether oxygens (including phenoxy) is 4. The van der Waals surface area contributed by atoms with Gasteiger partial charge in [-0.25, -0.2) is 9.59 Å². The smallest absolute Gasteiger partial charge is 0.411 e. The first-order chi connectivity index (χ1) is 32.4. The van der Waals surface area contributed by atoms with Gasteiger partial charge in [0.05, 0.1) is 24.6 Å². The second kappa shape index (κ2) is 27.6. The summed E-state index contributed by atoms with van der Waals surface area (Å²) >= 11 is 0. The Balaban J connectivity index is 1.03. The molecule has 2 N–H and O–H groups in total. The van der Waals surface area contributed by atoms with Crippen LogP contribution in [-0.2, 0) is 48.6 Å². The molecule has 0 aliphatic heterocycles. The van der Waals surface area contributed by atoms with Gasteiger partial charge in [0.1, 0.15) is 24.7 Å². The fourth-order valence-electron chi connectivity index (χ4n) is 7.76. The molecule has 10 nitrogen and oxygen atoms in total. The molecule has 0 saturated carbocycles. The number of carbonyl (C=O) groups excluding carboxylic acids is 2. The lowest BCUT2D eigenvalue weighted by Crippen LogP contribution is -2.27. The minimum Gasteiger partial charge on any atom is -0.487 e. The van der Waals surface area contributed by atoms with Crippen LogP contribution in [0.25, 0.3) is 0 Å². The molecule has 0 spiro atoms. The first kappa shape index (κ1) is 48.8. The predicted molar refractivity (Wildman–Crippen MR) is 265 cm³/mol. The Morgan fingerprint density at radius 3 is 1.15 bits per heavy atom. The van der Waals surface area contributed by atoms with Gasteiger partial charge in [0.25, 0.3) is 0 Å². The molecule has 0 aromatic heterocycles. The summed E-state index contributed by atoms with van der Waals surface area (Å²) in [5.41, 5.74) is 8.13. The van der Waals surface area contributed by atoms with E-state index in [2.05, 4.69) is 93.2 Å². The van der Waals surface area contributed by atoms with Crippen molar-refractivity contribution < 1.29 is 28.5 Å². The summed E-state index contributed by atoms with van der Waals surface area (Å²) in [6.07, 6.45) is 5.12. The van der Waals surface area contributed by atoms with E-state index in [0.717, 1.165) is 100 Å². The number of hydrogen-bond acceptors (Lipinski definition) is 8. The summed E-state index contributed by atoms with van der Waals surface area (Å²) < 4.78 is 22.8. The minimum absolute atomic E-state index is 0.285. The maximum Gasteiger partial charge on any atom is 0.411 e. The molecule has 2 amide bonds. The third-order valence-corrected chi connectivity index (χ3v) is 11.2. The fraction of sp³-hybridized carbons (Fsp3) is 0.321. The van der Waals surface area contributed by atoms with E-state index in [1.165, 1.54) is 11.1 Å². The van der Waals surface area contributed by atoms with Crippen molar-refractivity contribution in [1.29, 1.82) is 0 Å². The van der Waals surface area contributed by atoms with Crippen molar-refractivity contribution in [3.8, 4) is 11.5 Å². The Kier molecular flexibility index (Phi) is 20.5. The summed E-state index contributed by atoms with van der Waals surface area (Å²) in [7, 11) is 0. The number of anilines is 2. The van der Waals surface area contributed by atoms with Crippen LogP contribution >= 0.6 is 0 Å². The number of carbonyl (C=O) groups is 2. The van der Waals surface area contributed by atoms with Crippen LogP contribution in [0, 0.1) is 0 Å². The molecule has 0 atom stereocenters. The van der Waals surface area contributed by atoms with Gasteiger partial charge in [-0.3, -0.25) is 20.4 Å². The highest BCUT2D eigenvalue weighted by molar-refractivity contribution is 5.87. The normalized spacial score (nSPS) is 11.0. The van der Waals surface area contributed by atoms with Crippen LogP contribution < -0.4 is 20.1 Å². The SMILES string of the molecule is CCOC(=O)Nc1cc(CCN(CCCCCCN(CCc2ccc(OCc3ccccc3)c(NC(=O)OCC)c2)Cc2ccccc2)Cc2ccccc2)ccc1OCc1ccccc1. The molecule has 0 saturated heterocycles. The molecule has 0 bridgehead atoms. The van der Waals surface area contributed by atoms with Crippen molar-refractivity contribution in [2.75, 3.05) is 50.0 Å². The molecular weight excluding hydrogens is 825 g/mol. The Bertz CT molecular complexity index is 2150. The van der Waals surface area contributed by atoms with Crippen molar-refractivity contribution in [2.24, 2.45) is 0 Å². The summed E-state index contributed by atoms with van der Waals surface area (Å²) in [4.78, 5) is 30.1. The quantitative estimate of drug-likeness (QED) is 0.0493. The highest BCUT2D eigenvalue weighted by Crippen LogP contribution is 2.29. The fourth-order valence-corrected chi connectivity index (χ4v) is 7.76. The van der Waals surface area contributed by atoms with Crippen molar-refractivity contribution in [1.82, 2.24) is 9.80 Å². The van der Waals surface area contributed by atoms with Crippen molar-refractivity contribution in [3.05, 3.63) is 191 Å². The number of hydrogen-bond donors (Lipinski definition) is 2. The molecule has 0 heterocycles. The van der Waals surface area contributed by atoms with Crippen LogP contribution in [0.4, 0.5) is 21.0 Å². The largest absolute Gasteiger partial charge is 0.487 e. The average Bonchev–Trinajstić information content (AvgIpc) is 3.34. The molecule has 0 aliphatic rings. The predicted octanol–water partition coefficient (Wildman–Crippen LogP) is 12.3. The number of amides is 2. The lowest BCUT2D eigenvalue weighted by atomic mass is 10.1. The van der Waals surface area contributed by atoms with Crippen LogP contribution in [0.5, 0.6) is 11.5 Å². The van der Waals surface area contributed by atoms with Crippen molar-refractivity contribution in [3.63, 3.8) is 0 Å². The summed E-state index contributed by atoms with van der Waals surface area (Å²) in [6.45, 7) is 10.4. The van der Waals surface area contributed by atoms with E-state index in [-0.39, 0.29) is 13.2 Å². The minimum atomic E-state index is -0.498. The Morgan fingerprint density at radius 1 is 0.424 bits per heavy atom. The number of unbranched alkanes of at least 4 members (excludes halogenated alkanes) is 3. The maximum absolute atomic E-state index is 12.5. The average molecular weight is 891 g/mol. The second-order valence-electron chi connectivity index (χ2n) is 16.3. The van der Waals surface area contributed by atoms with Crippen molar-refractivity contribution >= 4 is 23.6 Å². The van der Waals surface area contributed by atoms with Crippen LogP contribution in [0.2, 0.25) is 0 Å². The van der Waals surface area contributed by atoms with E-state index >= 15 is 0 Å². The van der Waals surface area contributed by atoms with E-state index in [1.807, 2.05) is 84.9 Å². The maximum atomic E-state index is 12.5. The van der Waals surface area contributed by atoms with E-state index < -0.39 is 12.2 Å². The number of rotatable bonds is 27. The molecule has 0 radical (unpaired) electrons. The van der Waals surface area contributed by atoms with Crippen LogP contribution in [0.1, 0.15) is 72.9 Å². The third kappa shape index (κ3) is 17.4. The molecule has 6 aromatic rings. The molecule has 346 valence electrons.